The highest BCUT2D eigenvalue weighted by Gasteiger charge is 2.52. The fraction of sp³-hybridized carbons (Fsp3) is 0.346. The van der Waals surface area contributed by atoms with Gasteiger partial charge in [-0.15, -0.1) is 0 Å². The van der Waals surface area contributed by atoms with Gasteiger partial charge >= 0.3 is 0 Å². The van der Waals surface area contributed by atoms with Gasteiger partial charge in [-0.3, -0.25) is 4.79 Å². The molecule has 0 bridgehead atoms. The Labute approximate surface area is 199 Å². The average molecular weight is 460 g/mol. The fourth-order valence-corrected chi connectivity index (χ4v) is 4.39. The van der Waals surface area contributed by atoms with Crippen molar-refractivity contribution >= 4 is 28.9 Å². The minimum atomic E-state index is -0.516. The van der Waals surface area contributed by atoms with Crippen LogP contribution in [0.3, 0.4) is 0 Å². The van der Waals surface area contributed by atoms with Crippen LogP contribution in [0.4, 0.5) is 23.0 Å². The normalized spacial score (nSPS) is 16.6. The van der Waals surface area contributed by atoms with Crippen LogP contribution in [0.1, 0.15) is 24.2 Å². The van der Waals surface area contributed by atoms with Crippen molar-refractivity contribution in [3.8, 4) is 5.75 Å². The average Bonchev–Trinajstić information content (AvgIpc) is 3.68. The molecule has 0 atom stereocenters. The Kier molecular flexibility index (Phi) is 6.06. The van der Waals surface area contributed by atoms with Crippen LogP contribution in [-0.4, -0.2) is 49.3 Å². The summed E-state index contributed by atoms with van der Waals surface area (Å²) in [5.74, 6) is 3.10. The number of anilines is 4. The Morgan fingerprint density at radius 3 is 2.44 bits per heavy atom. The van der Waals surface area contributed by atoms with Crippen LogP contribution in [0.15, 0.2) is 54.6 Å². The Bertz CT molecular complexity index is 1170. The van der Waals surface area contributed by atoms with Crippen molar-refractivity contribution in [3.63, 3.8) is 0 Å². The van der Waals surface area contributed by atoms with Crippen molar-refractivity contribution in [3.05, 3.63) is 66.0 Å². The molecule has 1 aliphatic heterocycles. The summed E-state index contributed by atoms with van der Waals surface area (Å²) in [5.41, 5.74) is 2.07. The molecule has 1 saturated heterocycles. The number of nitrogens with zero attached hydrogens (tertiary/aromatic N) is 3. The first-order valence-corrected chi connectivity index (χ1v) is 11.6. The maximum absolute atomic E-state index is 13.2. The number of ether oxygens (including phenoxy) is 2. The molecule has 5 rings (SSSR count). The van der Waals surface area contributed by atoms with Gasteiger partial charge in [0, 0.05) is 36.1 Å². The summed E-state index contributed by atoms with van der Waals surface area (Å²) in [7, 11) is 1.64. The van der Waals surface area contributed by atoms with E-state index in [1.165, 1.54) is 0 Å². The molecule has 0 radical (unpaired) electrons. The second-order valence-corrected chi connectivity index (χ2v) is 8.70. The number of aromatic nitrogens is 2. The van der Waals surface area contributed by atoms with Crippen molar-refractivity contribution in [2.24, 2.45) is 0 Å². The van der Waals surface area contributed by atoms with Gasteiger partial charge < -0.3 is 25.0 Å². The van der Waals surface area contributed by atoms with Gasteiger partial charge in [-0.1, -0.05) is 18.2 Å². The molecule has 8 nitrogen and oxygen atoms in total. The molecule has 0 spiro atoms. The number of amides is 1. The maximum Gasteiger partial charge on any atom is 0.235 e. The number of aryl methyl sites for hydroxylation is 1. The number of hydrogen-bond donors (Lipinski definition) is 2. The van der Waals surface area contributed by atoms with Gasteiger partial charge in [0.05, 0.1) is 25.7 Å². The lowest BCUT2D eigenvalue weighted by molar-refractivity contribution is -0.118. The van der Waals surface area contributed by atoms with Gasteiger partial charge in [0.25, 0.3) is 0 Å². The Hall–Kier alpha value is -3.65. The summed E-state index contributed by atoms with van der Waals surface area (Å²) in [4.78, 5) is 24.5. The van der Waals surface area contributed by atoms with Gasteiger partial charge in [0.1, 0.15) is 23.2 Å². The van der Waals surface area contributed by atoms with Crippen LogP contribution in [0, 0.1) is 6.92 Å². The first-order chi connectivity index (χ1) is 16.6. The highest BCUT2D eigenvalue weighted by Crippen LogP contribution is 2.52. The number of carbonyl (C=O) groups is 1. The van der Waals surface area contributed by atoms with E-state index in [-0.39, 0.29) is 5.91 Å². The number of morpholine rings is 1. The van der Waals surface area contributed by atoms with Gasteiger partial charge in [0.2, 0.25) is 5.91 Å². The van der Waals surface area contributed by atoms with Crippen molar-refractivity contribution in [1.29, 1.82) is 0 Å². The van der Waals surface area contributed by atoms with Crippen LogP contribution >= 0.6 is 0 Å². The molecule has 1 amide bonds. The minimum Gasteiger partial charge on any atom is -0.496 e. The third kappa shape index (κ3) is 4.54. The molecular formula is C26H29N5O3. The Morgan fingerprint density at radius 1 is 1.03 bits per heavy atom. The lowest BCUT2D eigenvalue weighted by atomic mass is 9.94. The van der Waals surface area contributed by atoms with Crippen LogP contribution in [0.2, 0.25) is 0 Å². The molecule has 1 aromatic heterocycles. The molecule has 1 aliphatic carbocycles. The predicted octanol–water partition coefficient (Wildman–Crippen LogP) is 4.04. The molecule has 1 saturated carbocycles. The van der Waals surface area contributed by atoms with E-state index in [9.17, 15) is 4.79 Å². The Balaban J connectivity index is 1.27. The second kappa shape index (κ2) is 9.30. The first-order valence-electron chi connectivity index (χ1n) is 11.6. The van der Waals surface area contributed by atoms with E-state index >= 15 is 0 Å². The van der Waals surface area contributed by atoms with Crippen molar-refractivity contribution in [2.45, 2.75) is 25.2 Å². The number of para-hydroxylation sites is 1. The predicted molar refractivity (Wildman–Crippen MR) is 132 cm³/mol. The molecule has 2 heterocycles. The van der Waals surface area contributed by atoms with Gasteiger partial charge in [-0.25, -0.2) is 9.97 Å². The van der Waals surface area contributed by atoms with E-state index in [1.807, 2.05) is 61.5 Å². The van der Waals surface area contributed by atoms with E-state index in [1.54, 1.807) is 7.11 Å². The van der Waals surface area contributed by atoms with Gasteiger partial charge in [0.15, 0.2) is 0 Å². The van der Waals surface area contributed by atoms with Crippen molar-refractivity contribution in [2.75, 3.05) is 48.9 Å². The first kappa shape index (κ1) is 22.2. The molecule has 2 fully saturated rings. The summed E-state index contributed by atoms with van der Waals surface area (Å²) in [6, 6.07) is 17.4. The monoisotopic (exact) mass is 459 g/mol. The number of nitrogens with one attached hydrogen (secondary N) is 2. The molecular weight excluding hydrogens is 430 g/mol. The zero-order valence-corrected chi connectivity index (χ0v) is 19.5. The fourth-order valence-electron chi connectivity index (χ4n) is 4.39. The zero-order chi connectivity index (χ0) is 23.5. The summed E-state index contributed by atoms with van der Waals surface area (Å²) < 4.78 is 10.9. The number of rotatable bonds is 7. The quantitative estimate of drug-likeness (QED) is 0.551. The lowest BCUT2D eigenvalue weighted by Crippen LogP contribution is -2.36. The van der Waals surface area contributed by atoms with E-state index in [0.717, 1.165) is 60.3 Å². The third-order valence-corrected chi connectivity index (χ3v) is 6.38. The molecule has 2 N–H and O–H groups in total. The number of methoxy groups -OCH3 is 1. The van der Waals surface area contributed by atoms with Gasteiger partial charge in [-0.2, -0.15) is 0 Å². The molecule has 176 valence electrons. The van der Waals surface area contributed by atoms with E-state index < -0.39 is 5.41 Å². The Morgan fingerprint density at radius 2 is 1.74 bits per heavy atom. The molecule has 0 unspecified atom stereocenters. The summed E-state index contributed by atoms with van der Waals surface area (Å²) in [6.45, 7) is 4.94. The van der Waals surface area contributed by atoms with E-state index in [2.05, 4.69) is 25.5 Å². The van der Waals surface area contributed by atoms with Crippen molar-refractivity contribution < 1.29 is 14.3 Å². The molecule has 3 aromatic rings. The highest BCUT2D eigenvalue weighted by molar-refractivity contribution is 6.02. The SMILES string of the molecule is COc1ccccc1C1(C(=O)Nc2ccc(Nc3cc(N4CCOCC4)nc(C)n3)cc2)CC1. The maximum atomic E-state index is 13.2. The largest absolute Gasteiger partial charge is 0.496 e. The number of benzene rings is 2. The third-order valence-electron chi connectivity index (χ3n) is 6.38. The summed E-state index contributed by atoms with van der Waals surface area (Å²) >= 11 is 0. The molecule has 34 heavy (non-hydrogen) atoms. The van der Waals surface area contributed by atoms with Crippen LogP contribution in [0.25, 0.3) is 0 Å². The smallest absolute Gasteiger partial charge is 0.235 e. The number of hydrogen-bond acceptors (Lipinski definition) is 7. The second-order valence-electron chi connectivity index (χ2n) is 8.70. The van der Waals surface area contributed by atoms with Crippen LogP contribution in [-0.2, 0) is 14.9 Å². The van der Waals surface area contributed by atoms with E-state index in [4.69, 9.17) is 9.47 Å². The van der Waals surface area contributed by atoms with Crippen LogP contribution < -0.4 is 20.3 Å². The minimum absolute atomic E-state index is 0.000660. The zero-order valence-electron chi connectivity index (χ0n) is 19.5. The topological polar surface area (TPSA) is 88.6 Å². The summed E-state index contributed by atoms with van der Waals surface area (Å²) in [6.07, 6.45) is 1.63. The lowest BCUT2D eigenvalue weighted by Gasteiger charge is -2.28. The highest BCUT2D eigenvalue weighted by atomic mass is 16.5. The van der Waals surface area contributed by atoms with Gasteiger partial charge in [-0.05, 0) is 50.1 Å². The molecule has 2 aliphatic rings. The number of carbonyl (C=O) groups excluding carboxylic acids is 1. The van der Waals surface area contributed by atoms with Crippen molar-refractivity contribution in [1.82, 2.24) is 9.97 Å². The van der Waals surface area contributed by atoms with Crippen LogP contribution in [0.5, 0.6) is 5.75 Å². The summed E-state index contributed by atoms with van der Waals surface area (Å²) in [5, 5.41) is 6.43. The standard InChI is InChI=1S/C26H29N5O3/c1-18-27-23(17-24(28-18)31-13-15-34-16-14-31)29-19-7-9-20(10-8-19)30-25(32)26(11-12-26)21-5-3-4-6-22(21)33-2/h3-10,17H,11-16H2,1-2H3,(H,30,32)(H,27,28,29). The molecule has 8 heteroatoms. The molecule has 2 aromatic carbocycles. The van der Waals surface area contributed by atoms with E-state index in [0.29, 0.717) is 19.0 Å².